The van der Waals surface area contributed by atoms with Crippen LogP contribution in [-0.4, -0.2) is 26.2 Å². The highest BCUT2D eigenvalue weighted by Gasteiger charge is 2.18. The number of carbonyl (C=O) groups is 2. The van der Waals surface area contributed by atoms with Crippen LogP contribution in [0.3, 0.4) is 0 Å². The van der Waals surface area contributed by atoms with Gasteiger partial charge in [0.25, 0.3) is 0 Å². The monoisotopic (exact) mass is 328 g/mol. The van der Waals surface area contributed by atoms with E-state index in [1.807, 2.05) is 0 Å². The van der Waals surface area contributed by atoms with Crippen molar-refractivity contribution in [2.24, 2.45) is 11.5 Å². The van der Waals surface area contributed by atoms with Crippen LogP contribution in [0.25, 0.3) is 0 Å². The molecule has 6 heteroatoms. The lowest BCUT2D eigenvalue weighted by atomic mass is 9.93. The lowest BCUT2D eigenvalue weighted by Gasteiger charge is -2.21. The van der Waals surface area contributed by atoms with Crippen LogP contribution in [0.5, 0.6) is 0 Å². The summed E-state index contributed by atoms with van der Waals surface area (Å²) >= 11 is 0. The van der Waals surface area contributed by atoms with Crippen molar-refractivity contribution < 1.29 is 19.1 Å². The van der Waals surface area contributed by atoms with Crippen LogP contribution in [0, 0.1) is 0 Å². The minimum Gasteiger partial charge on any atom is -0.465 e. The van der Waals surface area contributed by atoms with Gasteiger partial charge < -0.3 is 20.9 Å². The van der Waals surface area contributed by atoms with Crippen LogP contribution in [0.4, 0.5) is 0 Å². The number of ether oxygens (including phenoxy) is 2. The first-order chi connectivity index (χ1) is 11.5. The molecule has 0 spiro atoms. The largest absolute Gasteiger partial charge is 0.465 e. The highest BCUT2D eigenvalue weighted by atomic mass is 16.5. The van der Waals surface area contributed by atoms with E-state index in [0.717, 1.165) is 11.1 Å². The van der Waals surface area contributed by atoms with Crippen molar-refractivity contribution in [1.29, 1.82) is 0 Å². The van der Waals surface area contributed by atoms with Crippen molar-refractivity contribution >= 4 is 11.9 Å². The smallest absolute Gasteiger partial charge is 0.337 e. The highest BCUT2D eigenvalue weighted by Crippen LogP contribution is 2.25. The second kappa shape index (κ2) is 7.72. The first-order valence-electron chi connectivity index (χ1n) is 7.35. The van der Waals surface area contributed by atoms with Gasteiger partial charge in [0.1, 0.15) is 0 Å². The number of rotatable bonds is 5. The summed E-state index contributed by atoms with van der Waals surface area (Å²) in [4.78, 5) is 22.9. The Kier molecular flexibility index (Phi) is 5.68. The molecule has 2 atom stereocenters. The Morgan fingerprint density at radius 2 is 1.00 bits per heavy atom. The third kappa shape index (κ3) is 3.79. The number of hydrogen-bond donors (Lipinski definition) is 2. The maximum atomic E-state index is 11.4. The Labute approximate surface area is 140 Å². The van der Waals surface area contributed by atoms with E-state index in [-0.39, 0.29) is 0 Å². The molecule has 6 nitrogen and oxygen atoms in total. The maximum Gasteiger partial charge on any atom is 0.337 e. The Morgan fingerprint density at radius 3 is 1.25 bits per heavy atom. The van der Waals surface area contributed by atoms with Gasteiger partial charge in [-0.15, -0.1) is 0 Å². The summed E-state index contributed by atoms with van der Waals surface area (Å²) in [5.41, 5.74) is 14.9. The molecule has 2 aromatic carbocycles. The number of methoxy groups -OCH3 is 2. The second-order valence-electron chi connectivity index (χ2n) is 5.28. The minimum absolute atomic E-state index is 0.405. The summed E-state index contributed by atoms with van der Waals surface area (Å²) in [6.07, 6.45) is 0. The SMILES string of the molecule is COC(=O)c1ccc([C@@H](N)[C@H](N)c2ccc(C(=O)OC)cc2)cc1. The average Bonchev–Trinajstić information content (AvgIpc) is 2.65. The fraction of sp³-hybridized carbons (Fsp3) is 0.222. The molecule has 0 fully saturated rings. The van der Waals surface area contributed by atoms with Crippen molar-refractivity contribution in [3.8, 4) is 0 Å². The van der Waals surface area contributed by atoms with Crippen LogP contribution >= 0.6 is 0 Å². The third-order valence-corrected chi connectivity index (χ3v) is 3.82. The van der Waals surface area contributed by atoms with Gasteiger partial charge in [0.15, 0.2) is 0 Å². The quantitative estimate of drug-likeness (QED) is 0.813. The van der Waals surface area contributed by atoms with Crippen molar-refractivity contribution in [3.05, 3.63) is 70.8 Å². The number of benzene rings is 2. The molecule has 0 saturated carbocycles. The van der Waals surface area contributed by atoms with Crippen LogP contribution in [0.2, 0.25) is 0 Å². The zero-order valence-electron chi connectivity index (χ0n) is 13.6. The summed E-state index contributed by atoms with van der Waals surface area (Å²) in [5.74, 6) is -0.810. The minimum atomic E-state index is -0.458. The predicted octanol–water partition coefficient (Wildman–Crippen LogP) is 1.96. The van der Waals surface area contributed by atoms with Crippen molar-refractivity contribution in [2.75, 3.05) is 14.2 Å². The molecule has 126 valence electrons. The molecule has 4 N–H and O–H groups in total. The van der Waals surface area contributed by atoms with Gasteiger partial charge >= 0.3 is 11.9 Å². The van der Waals surface area contributed by atoms with Crippen LogP contribution in [0.1, 0.15) is 43.9 Å². The summed E-state index contributed by atoms with van der Waals surface area (Å²) < 4.78 is 9.32. The zero-order valence-corrected chi connectivity index (χ0v) is 13.6. The molecule has 0 unspecified atom stereocenters. The summed E-state index contributed by atoms with van der Waals surface area (Å²) in [5, 5.41) is 0. The average molecular weight is 328 g/mol. The molecular weight excluding hydrogens is 308 g/mol. The molecule has 0 aliphatic rings. The van der Waals surface area contributed by atoms with Gasteiger partial charge in [-0.2, -0.15) is 0 Å². The first kappa shape index (κ1) is 17.7. The van der Waals surface area contributed by atoms with Gasteiger partial charge in [0.05, 0.1) is 25.3 Å². The Morgan fingerprint density at radius 1 is 0.708 bits per heavy atom. The summed E-state index contributed by atoms with van der Waals surface area (Å²) in [6.45, 7) is 0. The van der Waals surface area contributed by atoms with Gasteiger partial charge in [-0.1, -0.05) is 24.3 Å². The van der Waals surface area contributed by atoms with Crippen molar-refractivity contribution in [3.63, 3.8) is 0 Å². The van der Waals surface area contributed by atoms with E-state index in [9.17, 15) is 9.59 Å². The van der Waals surface area contributed by atoms with Crippen molar-refractivity contribution in [2.45, 2.75) is 12.1 Å². The van der Waals surface area contributed by atoms with E-state index in [0.29, 0.717) is 11.1 Å². The Hall–Kier alpha value is -2.70. The van der Waals surface area contributed by atoms with Gasteiger partial charge in [-0.3, -0.25) is 0 Å². The van der Waals surface area contributed by atoms with Gasteiger partial charge in [0, 0.05) is 12.1 Å². The van der Waals surface area contributed by atoms with Gasteiger partial charge in [-0.25, -0.2) is 9.59 Å². The topological polar surface area (TPSA) is 105 Å². The number of nitrogens with two attached hydrogens (primary N) is 2. The lowest BCUT2D eigenvalue weighted by Crippen LogP contribution is -2.26. The highest BCUT2D eigenvalue weighted by molar-refractivity contribution is 5.89. The van der Waals surface area contributed by atoms with E-state index in [2.05, 4.69) is 9.47 Å². The molecule has 2 aromatic rings. The fourth-order valence-corrected chi connectivity index (χ4v) is 2.33. The molecule has 0 bridgehead atoms. The normalized spacial score (nSPS) is 13.0. The van der Waals surface area contributed by atoms with E-state index < -0.39 is 24.0 Å². The number of esters is 2. The van der Waals surface area contributed by atoms with Gasteiger partial charge in [-0.05, 0) is 35.4 Å². The molecule has 0 aliphatic heterocycles. The Bertz CT molecular complexity index is 647. The van der Waals surface area contributed by atoms with E-state index in [1.54, 1.807) is 48.5 Å². The van der Waals surface area contributed by atoms with Crippen LogP contribution in [0.15, 0.2) is 48.5 Å². The van der Waals surface area contributed by atoms with Gasteiger partial charge in [0.2, 0.25) is 0 Å². The number of carbonyl (C=O) groups excluding carboxylic acids is 2. The molecule has 0 amide bonds. The van der Waals surface area contributed by atoms with E-state index in [1.165, 1.54) is 14.2 Å². The van der Waals surface area contributed by atoms with Crippen LogP contribution < -0.4 is 11.5 Å². The first-order valence-corrected chi connectivity index (χ1v) is 7.35. The predicted molar refractivity (Wildman–Crippen MR) is 89.4 cm³/mol. The molecule has 2 rings (SSSR count). The molecular formula is C18H20N2O4. The van der Waals surface area contributed by atoms with E-state index >= 15 is 0 Å². The molecule has 0 saturated heterocycles. The van der Waals surface area contributed by atoms with Crippen molar-refractivity contribution in [1.82, 2.24) is 0 Å². The number of hydrogen-bond acceptors (Lipinski definition) is 6. The summed E-state index contributed by atoms with van der Waals surface area (Å²) in [7, 11) is 2.66. The Balaban J connectivity index is 2.15. The molecule has 24 heavy (non-hydrogen) atoms. The standard InChI is InChI=1S/C18H20N2O4/c1-23-17(21)13-7-3-11(4-8-13)15(19)16(20)12-5-9-14(10-6-12)18(22)24-2/h3-10,15-16H,19-20H2,1-2H3/t15-,16-/m1/s1. The third-order valence-electron chi connectivity index (χ3n) is 3.82. The fourth-order valence-electron chi connectivity index (χ4n) is 2.33. The zero-order chi connectivity index (χ0) is 17.7. The molecule has 0 radical (unpaired) electrons. The van der Waals surface area contributed by atoms with E-state index in [4.69, 9.17) is 11.5 Å². The molecule has 0 heterocycles. The van der Waals surface area contributed by atoms with Crippen LogP contribution in [-0.2, 0) is 9.47 Å². The maximum absolute atomic E-state index is 11.4. The lowest BCUT2D eigenvalue weighted by molar-refractivity contribution is 0.0592. The molecule has 0 aromatic heterocycles. The summed E-state index contributed by atoms with van der Waals surface area (Å²) in [6, 6.07) is 12.7. The second-order valence-corrected chi connectivity index (χ2v) is 5.28. The molecule has 0 aliphatic carbocycles.